The van der Waals surface area contributed by atoms with E-state index in [1.54, 1.807) is 0 Å². The maximum Gasteiger partial charge on any atom is 1.00 e. The first-order chi connectivity index (χ1) is 25.1. The third-order valence-electron chi connectivity index (χ3n) is 6.49. The summed E-state index contributed by atoms with van der Waals surface area (Å²) >= 11 is 5.15. The van der Waals surface area contributed by atoms with Crippen molar-refractivity contribution in [1.29, 1.82) is 0 Å². The molecule has 26 heteroatoms. The van der Waals surface area contributed by atoms with E-state index in [2.05, 4.69) is 104 Å². The van der Waals surface area contributed by atoms with E-state index in [0.29, 0.717) is 42.8 Å². The summed E-state index contributed by atoms with van der Waals surface area (Å²) in [6.07, 6.45) is 2.25. The number of thioether (sulfide) groups is 1. The average molecular weight is 1030 g/mol. The van der Waals surface area contributed by atoms with Crippen LogP contribution in [0, 0.1) is 0 Å². The van der Waals surface area contributed by atoms with Crippen molar-refractivity contribution in [2.45, 2.75) is 142 Å². The van der Waals surface area contributed by atoms with Crippen LogP contribution in [0.5, 0.6) is 0 Å². The molecule has 2 atom stereocenters. The second-order valence-electron chi connectivity index (χ2n) is 18.1. The van der Waals surface area contributed by atoms with Crippen molar-refractivity contribution in [2.24, 2.45) is 0 Å². The van der Waals surface area contributed by atoms with Crippen LogP contribution in [-0.2, 0) is 50.9 Å². The molecular formula is C32H78Na2O14S4Si6. The Morgan fingerprint density at radius 2 is 1.03 bits per heavy atom. The van der Waals surface area contributed by atoms with Gasteiger partial charge in [0.15, 0.2) is 33.3 Å². The zero-order chi connectivity index (χ0) is 44.1. The molecule has 0 aromatic rings. The quantitative estimate of drug-likeness (QED) is 0.0347. The van der Waals surface area contributed by atoms with Crippen LogP contribution in [0.25, 0.3) is 0 Å². The molecule has 14 nitrogen and oxygen atoms in total. The number of hydrogen-bond acceptors (Lipinski definition) is 16. The van der Waals surface area contributed by atoms with E-state index < -0.39 is 76.7 Å². The van der Waals surface area contributed by atoms with Crippen molar-refractivity contribution in [3.05, 3.63) is 0 Å². The molecule has 58 heavy (non-hydrogen) atoms. The first kappa shape index (κ1) is 68.1. The van der Waals surface area contributed by atoms with E-state index in [9.17, 15) is 31.0 Å². The van der Waals surface area contributed by atoms with Gasteiger partial charge in [0.2, 0.25) is 0 Å². The van der Waals surface area contributed by atoms with E-state index in [1.807, 2.05) is 0 Å². The van der Waals surface area contributed by atoms with Crippen molar-refractivity contribution in [3.63, 3.8) is 0 Å². The number of epoxide rings is 1. The van der Waals surface area contributed by atoms with Gasteiger partial charge in [0, 0.05) is 30.5 Å². The van der Waals surface area contributed by atoms with E-state index in [0.717, 1.165) is 44.8 Å². The molecule has 2 unspecified atom stereocenters. The van der Waals surface area contributed by atoms with Gasteiger partial charge in [0.25, 0.3) is 0 Å². The molecule has 1 aliphatic heterocycles. The molecule has 0 radical (unpaired) electrons. The SMILES string of the molecule is C[Si](C)(C)O[Si](C)(CCCOCC(O)CSCCCS(=O)(=O)[O-])O[Si](C)(C)C.C[Si](C)(C)O[Si](C)(CCCOCC1CO1)O[Si](C)(C)C.O=S(=O)([O-])CCCS.[Na+].[Na+]. The molecule has 0 aliphatic carbocycles. The number of thiol groups is 1. The Morgan fingerprint density at radius 1 is 0.672 bits per heavy atom. The van der Waals surface area contributed by atoms with E-state index in [-0.39, 0.29) is 77.2 Å². The Bertz CT molecular complexity index is 1240. The molecule has 0 amide bonds. The largest absolute Gasteiger partial charge is 1.00 e. The standard InChI is InChI=1S/C16H40O7S2Si3.C13H32O4Si3.C3H8O3S2.2Na/c1-26(2,3)22-28(7,23-27(4,5)6)13-8-10-21-14-16(17)15-24-11-9-12-25(18,19)20;1-18(2,3)16-20(7,17-19(4,5)6)10-8-9-14-11-13-12-15-13;4-8(5,6)3-1-2-7;;/h16-17H,8-15H2,1-7H3,(H,18,19,20);13H,8-12H2,1-7H3;7H,1-3H2,(H,4,5,6);;/q;;;2*+1/p-2. The molecule has 0 bridgehead atoms. The molecule has 0 spiro atoms. The second-order valence-corrected chi connectivity index (χ2v) is 48.5. The number of ether oxygens (including phenoxy) is 3. The second kappa shape index (κ2) is 32.2. The molecule has 1 fully saturated rings. The monoisotopic (exact) mass is 1030 g/mol. The Labute approximate surface area is 414 Å². The third-order valence-corrected chi connectivity index (χ3v) is 28.8. The van der Waals surface area contributed by atoms with Crippen molar-refractivity contribution in [3.8, 4) is 0 Å². The number of rotatable bonds is 29. The Hall–Kier alpha value is 3.50. The zero-order valence-electron chi connectivity index (χ0n) is 38.9. The minimum Gasteiger partial charge on any atom is -0.748 e. The van der Waals surface area contributed by atoms with E-state index >= 15 is 0 Å². The van der Waals surface area contributed by atoms with Crippen molar-refractivity contribution in [1.82, 2.24) is 0 Å². The van der Waals surface area contributed by atoms with Crippen LogP contribution in [0.4, 0.5) is 0 Å². The van der Waals surface area contributed by atoms with Crippen molar-refractivity contribution >= 4 is 95.0 Å². The number of hydrogen-bond donors (Lipinski definition) is 2. The normalized spacial score (nSPS) is 15.9. The number of aliphatic hydroxyl groups is 1. The van der Waals surface area contributed by atoms with Crippen LogP contribution >= 0.6 is 24.4 Å². The first-order valence-corrected chi connectivity index (χ1v) is 43.0. The van der Waals surface area contributed by atoms with Gasteiger partial charge in [-0.3, -0.25) is 0 Å². The first-order valence-electron chi connectivity index (χ1n) is 19.4. The van der Waals surface area contributed by atoms with Gasteiger partial charge in [0.1, 0.15) is 6.10 Å². The summed E-state index contributed by atoms with van der Waals surface area (Å²) < 4.78 is 103. The summed E-state index contributed by atoms with van der Waals surface area (Å²) in [5.41, 5.74) is 0. The van der Waals surface area contributed by atoms with Gasteiger partial charge in [-0.25, -0.2) is 16.8 Å². The zero-order valence-corrected chi connectivity index (χ0v) is 52.2. The van der Waals surface area contributed by atoms with Crippen LogP contribution < -0.4 is 59.1 Å². The third kappa shape index (κ3) is 52.1. The topological polar surface area (TPSA) is 203 Å². The molecule has 0 saturated carbocycles. The average Bonchev–Trinajstić information content (AvgIpc) is 3.75. The molecule has 1 rings (SSSR count). The fraction of sp³-hybridized carbons (Fsp3) is 1.00. The van der Waals surface area contributed by atoms with Gasteiger partial charge >= 0.3 is 76.2 Å². The van der Waals surface area contributed by atoms with Crippen LogP contribution in [0.1, 0.15) is 25.7 Å². The minimum absolute atomic E-state index is 0. The van der Waals surface area contributed by atoms with Crippen LogP contribution in [0.3, 0.4) is 0 Å². The van der Waals surface area contributed by atoms with Gasteiger partial charge in [-0.05, 0) is 141 Å². The smallest absolute Gasteiger partial charge is 0.748 e. The van der Waals surface area contributed by atoms with Crippen LogP contribution in [0.2, 0.25) is 104 Å². The molecule has 0 aromatic heterocycles. The number of aliphatic hydroxyl groups excluding tert-OH is 1. The molecule has 1 aliphatic rings. The summed E-state index contributed by atoms with van der Waals surface area (Å²) in [7, 11) is -19.0. The summed E-state index contributed by atoms with van der Waals surface area (Å²) in [6, 6.07) is 1.89. The van der Waals surface area contributed by atoms with Crippen molar-refractivity contribution in [2.75, 3.05) is 61.8 Å². The molecule has 1 saturated heterocycles. The van der Waals surface area contributed by atoms with Gasteiger partial charge < -0.3 is 44.9 Å². The van der Waals surface area contributed by atoms with Crippen LogP contribution in [-0.4, -0.2) is 155 Å². The van der Waals surface area contributed by atoms with E-state index in [1.165, 1.54) is 11.8 Å². The van der Waals surface area contributed by atoms with Crippen LogP contribution in [0.15, 0.2) is 0 Å². The fourth-order valence-electron chi connectivity index (χ4n) is 5.27. The Kier molecular flexibility index (Phi) is 37.9. The summed E-state index contributed by atoms with van der Waals surface area (Å²) in [4.78, 5) is 0. The van der Waals surface area contributed by atoms with Gasteiger partial charge in [-0.1, -0.05) is 0 Å². The molecular weight excluding hydrogens is 951 g/mol. The maximum absolute atomic E-state index is 10.5. The Balaban J connectivity index is -0.000000423. The molecule has 0 aromatic carbocycles. The predicted molar refractivity (Wildman–Crippen MR) is 247 cm³/mol. The Morgan fingerprint density at radius 3 is 1.34 bits per heavy atom. The summed E-state index contributed by atoms with van der Waals surface area (Å²) in [5, 5.41) is 9.92. The minimum atomic E-state index is -4.14. The summed E-state index contributed by atoms with van der Waals surface area (Å²) in [5.74, 6) is 0.791. The molecule has 1 heterocycles. The van der Waals surface area contributed by atoms with Crippen molar-refractivity contribution < 1.29 is 121 Å². The van der Waals surface area contributed by atoms with Gasteiger partial charge in [-0.15, -0.1) is 0 Å². The van der Waals surface area contributed by atoms with Gasteiger partial charge in [0.05, 0.1) is 46.2 Å². The fourth-order valence-corrected chi connectivity index (χ4v) is 32.7. The van der Waals surface area contributed by atoms with E-state index in [4.69, 9.17) is 30.7 Å². The predicted octanol–water partition coefficient (Wildman–Crippen LogP) is 0.624. The molecule has 340 valence electrons. The maximum atomic E-state index is 10.5. The molecule has 1 N–H and O–H groups in total. The summed E-state index contributed by atoms with van der Waals surface area (Å²) in [6.45, 7) is 34.1. The van der Waals surface area contributed by atoms with Gasteiger partial charge in [-0.2, -0.15) is 24.4 Å².